The Bertz CT molecular complexity index is 281. The first-order valence-electron chi connectivity index (χ1n) is 6.42. The Morgan fingerprint density at radius 2 is 2.06 bits per heavy atom. The molecule has 0 aromatic heterocycles. The summed E-state index contributed by atoms with van der Waals surface area (Å²) in [6, 6.07) is 0. The normalized spacial score (nSPS) is 16.4. The fourth-order valence-electron chi connectivity index (χ4n) is 1.95. The Kier molecular flexibility index (Phi) is 5.91. The molecule has 0 atom stereocenters. The van der Waals surface area contributed by atoms with Crippen LogP contribution < -0.4 is 5.32 Å². The van der Waals surface area contributed by atoms with Crippen molar-refractivity contribution in [2.45, 2.75) is 58.8 Å². The fraction of sp³-hybridized carbons (Fsp3) is 0.643. The summed E-state index contributed by atoms with van der Waals surface area (Å²) in [5.41, 5.74) is 2.45. The molecule has 0 heterocycles. The van der Waals surface area contributed by atoms with Crippen molar-refractivity contribution in [3.63, 3.8) is 0 Å². The van der Waals surface area contributed by atoms with Crippen LogP contribution in [0.25, 0.3) is 0 Å². The zero-order valence-corrected chi connectivity index (χ0v) is 10.5. The summed E-state index contributed by atoms with van der Waals surface area (Å²) in [6.07, 6.45) is 11.8. The first-order valence-corrected chi connectivity index (χ1v) is 6.42. The van der Waals surface area contributed by atoms with Gasteiger partial charge in [-0.3, -0.25) is 4.79 Å². The third-order valence-corrected chi connectivity index (χ3v) is 2.96. The lowest BCUT2D eigenvalue weighted by Crippen LogP contribution is -2.21. The molecule has 0 unspecified atom stereocenters. The Morgan fingerprint density at radius 3 is 2.62 bits per heavy atom. The third-order valence-electron chi connectivity index (χ3n) is 2.96. The van der Waals surface area contributed by atoms with Crippen LogP contribution in [0.2, 0.25) is 0 Å². The predicted octanol–water partition coefficient (Wildman–Crippen LogP) is 3.70. The second-order valence-electron chi connectivity index (χ2n) is 4.41. The smallest absolute Gasteiger partial charge is 0.224 e. The maximum Gasteiger partial charge on any atom is 0.224 e. The molecule has 1 saturated carbocycles. The largest absolute Gasteiger partial charge is 0.326 e. The van der Waals surface area contributed by atoms with Crippen LogP contribution in [0.4, 0.5) is 0 Å². The van der Waals surface area contributed by atoms with Crippen LogP contribution in [0.15, 0.2) is 23.4 Å². The van der Waals surface area contributed by atoms with Crippen LogP contribution in [-0.4, -0.2) is 5.91 Å². The van der Waals surface area contributed by atoms with Crippen molar-refractivity contribution in [3.05, 3.63) is 23.4 Å². The number of hydrogen-bond donors (Lipinski definition) is 1. The molecule has 16 heavy (non-hydrogen) atoms. The number of hydrogen-bond acceptors (Lipinski definition) is 1. The van der Waals surface area contributed by atoms with Crippen molar-refractivity contribution in [2.24, 2.45) is 0 Å². The maximum absolute atomic E-state index is 11.6. The first-order chi connectivity index (χ1) is 7.76. The molecule has 0 aliphatic heterocycles. The molecule has 0 bridgehead atoms. The van der Waals surface area contributed by atoms with Crippen LogP contribution in [0, 0.1) is 0 Å². The SMILES string of the molecule is C/C=C(\C=C1CCCC1)NC(=O)CCCC. The quantitative estimate of drug-likeness (QED) is 0.753. The lowest BCUT2D eigenvalue weighted by molar-refractivity contribution is -0.120. The zero-order valence-electron chi connectivity index (χ0n) is 10.5. The summed E-state index contributed by atoms with van der Waals surface area (Å²) in [5, 5.41) is 2.97. The molecule has 2 heteroatoms. The molecular formula is C14H23NO. The topological polar surface area (TPSA) is 29.1 Å². The molecule has 1 aliphatic carbocycles. The highest BCUT2D eigenvalue weighted by Crippen LogP contribution is 2.24. The van der Waals surface area contributed by atoms with Gasteiger partial charge < -0.3 is 5.32 Å². The Morgan fingerprint density at radius 1 is 1.38 bits per heavy atom. The van der Waals surface area contributed by atoms with Gasteiger partial charge in [0.15, 0.2) is 0 Å². The van der Waals surface area contributed by atoms with Crippen molar-refractivity contribution in [1.82, 2.24) is 5.32 Å². The lowest BCUT2D eigenvalue weighted by Gasteiger charge is -2.06. The average Bonchev–Trinajstić information content (AvgIpc) is 2.78. The maximum atomic E-state index is 11.6. The molecule has 1 N–H and O–H groups in total. The number of carbonyl (C=O) groups excluding carboxylic acids is 1. The molecule has 0 aromatic carbocycles. The fourth-order valence-corrected chi connectivity index (χ4v) is 1.95. The molecule has 0 radical (unpaired) electrons. The van der Waals surface area contributed by atoms with Gasteiger partial charge in [0.1, 0.15) is 0 Å². The summed E-state index contributed by atoms with van der Waals surface area (Å²) < 4.78 is 0. The van der Waals surface area contributed by atoms with E-state index in [1.54, 1.807) is 0 Å². The first kappa shape index (κ1) is 13.0. The molecule has 0 saturated heterocycles. The lowest BCUT2D eigenvalue weighted by atomic mass is 10.2. The highest BCUT2D eigenvalue weighted by molar-refractivity contribution is 5.78. The van der Waals surface area contributed by atoms with E-state index in [0.717, 1.165) is 18.5 Å². The van der Waals surface area contributed by atoms with E-state index >= 15 is 0 Å². The van der Waals surface area contributed by atoms with Crippen LogP contribution in [0.1, 0.15) is 58.8 Å². The van der Waals surface area contributed by atoms with Crippen molar-refractivity contribution < 1.29 is 4.79 Å². The van der Waals surface area contributed by atoms with Gasteiger partial charge in [-0.05, 0) is 45.1 Å². The van der Waals surface area contributed by atoms with Gasteiger partial charge in [0, 0.05) is 12.1 Å². The molecule has 1 rings (SSSR count). The van der Waals surface area contributed by atoms with E-state index in [-0.39, 0.29) is 5.91 Å². The summed E-state index contributed by atoms with van der Waals surface area (Å²) in [7, 11) is 0. The van der Waals surface area contributed by atoms with Gasteiger partial charge >= 0.3 is 0 Å². The molecule has 1 amide bonds. The minimum absolute atomic E-state index is 0.143. The molecule has 1 aliphatic rings. The van der Waals surface area contributed by atoms with Crippen molar-refractivity contribution in [2.75, 3.05) is 0 Å². The monoisotopic (exact) mass is 221 g/mol. The number of carbonyl (C=O) groups is 1. The summed E-state index contributed by atoms with van der Waals surface area (Å²) in [6.45, 7) is 4.08. The van der Waals surface area contributed by atoms with E-state index in [1.807, 2.05) is 13.0 Å². The summed E-state index contributed by atoms with van der Waals surface area (Å²) in [4.78, 5) is 11.6. The Labute approximate surface area is 98.8 Å². The highest BCUT2D eigenvalue weighted by Gasteiger charge is 2.08. The van der Waals surface area contributed by atoms with Gasteiger partial charge in [-0.15, -0.1) is 0 Å². The van der Waals surface area contributed by atoms with E-state index in [4.69, 9.17) is 0 Å². The van der Waals surface area contributed by atoms with Gasteiger partial charge in [0.05, 0.1) is 0 Å². The molecular weight excluding hydrogens is 198 g/mol. The molecule has 0 aromatic rings. The molecule has 1 fully saturated rings. The van der Waals surface area contributed by atoms with E-state index in [9.17, 15) is 4.79 Å². The molecule has 0 spiro atoms. The minimum atomic E-state index is 0.143. The van der Waals surface area contributed by atoms with Gasteiger partial charge in [-0.25, -0.2) is 0 Å². The standard InChI is InChI=1S/C14H23NO/c1-3-5-10-14(16)15-13(4-2)11-12-8-6-7-9-12/h4,11H,3,5-10H2,1-2H3,(H,15,16)/b13-4+. The van der Waals surface area contributed by atoms with Crippen LogP contribution in [-0.2, 0) is 4.79 Å². The summed E-state index contributed by atoms with van der Waals surface area (Å²) in [5.74, 6) is 0.143. The Balaban J connectivity index is 2.43. The Hall–Kier alpha value is -1.05. The zero-order chi connectivity index (χ0) is 11.8. The predicted molar refractivity (Wildman–Crippen MR) is 68.0 cm³/mol. The van der Waals surface area contributed by atoms with E-state index in [2.05, 4.69) is 18.3 Å². The van der Waals surface area contributed by atoms with E-state index in [0.29, 0.717) is 6.42 Å². The number of unbranched alkanes of at least 4 members (excludes halogenated alkanes) is 1. The van der Waals surface area contributed by atoms with Gasteiger partial charge in [-0.2, -0.15) is 0 Å². The van der Waals surface area contributed by atoms with Crippen molar-refractivity contribution in [1.29, 1.82) is 0 Å². The third kappa shape index (κ3) is 4.65. The average molecular weight is 221 g/mol. The van der Waals surface area contributed by atoms with Crippen molar-refractivity contribution in [3.8, 4) is 0 Å². The van der Waals surface area contributed by atoms with E-state index < -0.39 is 0 Å². The summed E-state index contributed by atoms with van der Waals surface area (Å²) >= 11 is 0. The molecule has 2 nitrogen and oxygen atoms in total. The van der Waals surface area contributed by atoms with E-state index in [1.165, 1.54) is 31.3 Å². The molecule has 90 valence electrons. The number of rotatable bonds is 5. The van der Waals surface area contributed by atoms with Crippen LogP contribution in [0.3, 0.4) is 0 Å². The number of nitrogens with one attached hydrogen (secondary N) is 1. The van der Waals surface area contributed by atoms with Gasteiger partial charge in [-0.1, -0.05) is 25.0 Å². The second-order valence-corrected chi connectivity index (χ2v) is 4.41. The van der Waals surface area contributed by atoms with Crippen LogP contribution >= 0.6 is 0 Å². The van der Waals surface area contributed by atoms with Gasteiger partial charge in [0.25, 0.3) is 0 Å². The van der Waals surface area contributed by atoms with Crippen molar-refractivity contribution >= 4 is 5.91 Å². The van der Waals surface area contributed by atoms with Crippen LogP contribution in [0.5, 0.6) is 0 Å². The minimum Gasteiger partial charge on any atom is -0.326 e. The highest BCUT2D eigenvalue weighted by atomic mass is 16.1. The number of amides is 1. The second kappa shape index (κ2) is 7.26. The number of allylic oxidation sites excluding steroid dienone is 3. The van der Waals surface area contributed by atoms with Gasteiger partial charge in [0.2, 0.25) is 5.91 Å².